The molecule has 1 fully saturated rings. The fourth-order valence-electron chi connectivity index (χ4n) is 2.81. The molecule has 0 radical (unpaired) electrons. The summed E-state index contributed by atoms with van der Waals surface area (Å²) in [6, 6.07) is 8.90. The maximum absolute atomic E-state index is 5.68. The SMILES string of the molecule is Cc1ccccc1CC(CCCC1CCCO1)NN. The minimum Gasteiger partial charge on any atom is -0.378 e. The summed E-state index contributed by atoms with van der Waals surface area (Å²) in [7, 11) is 0. The average molecular weight is 262 g/mol. The number of aryl methyl sites for hydroxylation is 1. The summed E-state index contributed by atoms with van der Waals surface area (Å²) < 4.78 is 5.65. The lowest BCUT2D eigenvalue weighted by atomic mass is 9.97. The smallest absolute Gasteiger partial charge is 0.0576 e. The third kappa shape index (κ3) is 4.60. The Morgan fingerprint density at radius 1 is 1.42 bits per heavy atom. The molecule has 1 aromatic carbocycles. The molecule has 0 aromatic heterocycles. The van der Waals surface area contributed by atoms with Gasteiger partial charge in [0.2, 0.25) is 0 Å². The first-order chi connectivity index (χ1) is 9.29. The zero-order valence-corrected chi connectivity index (χ0v) is 11.9. The Morgan fingerprint density at radius 3 is 2.95 bits per heavy atom. The highest BCUT2D eigenvalue weighted by atomic mass is 16.5. The van der Waals surface area contributed by atoms with Crippen LogP contribution in [0.15, 0.2) is 24.3 Å². The highest BCUT2D eigenvalue weighted by molar-refractivity contribution is 5.26. The van der Waals surface area contributed by atoms with Crippen LogP contribution in [0.3, 0.4) is 0 Å². The third-order valence-electron chi connectivity index (χ3n) is 4.07. The van der Waals surface area contributed by atoms with Gasteiger partial charge in [-0.25, -0.2) is 0 Å². The second-order valence-corrected chi connectivity index (χ2v) is 5.56. The van der Waals surface area contributed by atoms with Gasteiger partial charge in [-0.1, -0.05) is 24.3 Å². The highest BCUT2D eigenvalue weighted by Gasteiger charge is 2.16. The predicted octanol–water partition coefficient (Wildman–Crippen LogP) is 2.72. The maximum Gasteiger partial charge on any atom is 0.0576 e. The first-order valence-electron chi connectivity index (χ1n) is 7.42. The molecule has 0 saturated carbocycles. The fraction of sp³-hybridized carbons (Fsp3) is 0.625. The first-order valence-corrected chi connectivity index (χ1v) is 7.42. The molecule has 19 heavy (non-hydrogen) atoms. The van der Waals surface area contributed by atoms with Crippen molar-refractivity contribution in [3.05, 3.63) is 35.4 Å². The van der Waals surface area contributed by atoms with Crippen molar-refractivity contribution in [1.82, 2.24) is 5.43 Å². The zero-order valence-electron chi connectivity index (χ0n) is 11.9. The standard InChI is InChI=1S/C16H26N2O/c1-13-6-2-3-7-14(13)12-15(18-17)8-4-9-16-10-5-11-19-16/h2-3,6-7,15-16,18H,4-5,8-12,17H2,1H3. The largest absolute Gasteiger partial charge is 0.378 e. The molecule has 106 valence electrons. The van der Waals surface area contributed by atoms with Crippen molar-refractivity contribution >= 4 is 0 Å². The molecule has 1 heterocycles. The minimum atomic E-state index is 0.363. The Labute approximate surface area is 116 Å². The van der Waals surface area contributed by atoms with Crippen LogP contribution in [-0.4, -0.2) is 18.8 Å². The summed E-state index contributed by atoms with van der Waals surface area (Å²) in [4.78, 5) is 0. The molecule has 1 aliphatic rings. The molecule has 0 spiro atoms. The van der Waals surface area contributed by atoms with E-state index in [2.05, 4.69) is 36.6 Å². The van der Waals surface area contributed by atoms with Gasteiger partial charge in [-0.05, 0) is 56.6 Å². The lowest BCUT2D eigenvalue weighted by molar-refractivity contribution is 0.101. The van der Waals surface area contributed by atoms with Gasteiger partial charge >= 0.3 is 0 Å². The van der Waals surface area contributed by atoms with Gasteiger partial charge in [0.1, 0.15) is 0 Å². The van der Waals surface area contributed by atoms with E-state index in [1.54, 1.807) is 0 Å². The maximum atomic E-state index is 5.68. The van der Waals surface area contributed by atoms with Crippen LogP contribution in [0.25, 0.3) is 0 Å². The zero-order chi connectivity index (χ0) is 13.5. The van der Waals surface area contributed by atoms with Crippen LogP contribution in [0.2, 0.25) is 0 Å². The molecule has 0 aliphatic carbocycles. The van der Waals surface area contributed by atoms with E-state index in [0.717, 1.165) is 19.4 Å². The van der Waals surface area contributed by atoms with Crippen molar-refractivity contribution in [2.75, 3.05) is 6.61 Å². The van der Waals surface area contributed by atoms with E-state index >= 15 is 0 Å². The highest BCUT2D eigenvalue weighted by Crippen LogP contribution is 2.19. The van der Waals surface area contributed by atoms with Gasteiger partial charge in [0, 0.05) is 12.6 Å². The Bertz CT molecular complexity index is 375. The van der Waals surface area contributed by atoms with Gasteiger partial charge in [-0.3, -0.25) is 11.3 Å². The number of hydrazine groups is 1. The number of nitrogens with one attached hydrogen (secondary N) is 1. The van der Waals surface area contributed by atoms with Crippen LogP contribution >= 0.6 is 0 Å². The molecule has 3 N–H and O–H groups in total. The molecule has 1 aliphatic heterocycles. The first kappa shape index (κ1) is 14.5. The van der Waals surface area contributed by atoms with Crippen molar-refractivity contribution in [1.29, 1.82) is 0 Å². The molecule has 3 heteroatoms. The number of hydrogen-bond donors (Lipinski definition) is 2. The van der Waals surface area contributed by atoms with E-state index in [1.165, 1.54) is 36.8 Å². The average Bonchev–Trinajstić information content (AvgIpc) is 2.93. The van der Waals surface area contributed by atoms with E-state index in [-0.39, 0.29) is 0 Å². The van der Waals surface area contributed by atoms with Gasteiger partial charge in [0.15, 0.2) is 0 Å². The molecule has 2 unspecified atom stereocenters. The molecule has 2 atom stereocenters. The minimum absolute atomic E-state index is 0.363. The predicted molar refractivity (Wildman–Crippen MR) is 78.8 cm³/mol. The summed E-state index contributed by atoms with van der Waals surface area (Å²) in [6.45, 7) is 3.11. The number of benzene rings is 1. The van der Waals surface area contributed by atoms with Crippen molar-refractivity contribution in [2.45, 2.75) is 57.6 Å². The van der Waals surface area contributed by atoms with E-state index in [9.17, 15) is 0 Å². The molecule has 3 nitrogen and oxygen atoms in total. The van der Waals surface area contributed by atoms with Crippen LogP contribution in [0.4, 0.5) is 0 Å². The van der Waals surface area contributed by atoms with Gasteiger partial charge in [-0.2, -0.15) is 0 Å². The molecule has 0 bridgehead atoms. The van der Waals surface area contributed by atoms with E-state index in [4.69, 9.17) is 10.6 Å². The second kappa shape index (κ2) is 7.63. The summed E-state index contributed by atoms with van der Waals surface area (Å²) in [6.07, 6.45) is 7.44. The lowest BCUT2D eigenvalue weighted by Gasteiger charge is -2.18. The summed E-state index contributed by atoms with van der Waals surface area (Å²) in [5.41, 5.74) is 5.70. The normalized spacial score (nSPS) is 20.6. The van der Waals surface area contributed by atoms with E-state index < -0.39 is 0 Å². The quantitative estimate of drug-likeness (QED) is 0.587. The van der Waals surface area contributed by atoms with Gasteiger partial charge in [-0.15, -0.1) is 0 Å². The monoisotopic (exact) mass is 262 g/mol. The molecule has 1 saturated heterocycles. The third-order valence-corrected chi connectivity index (χ3v) is 4.07. The number of nitrogens with two attached hydrogens (primary N) is 1. The molecule has 1 aromatic rings. The van der Waals surface area contributed by atoms with Gasteiger partial charge in [0.25, 0.3) is 0 Å². The Morgan fingerprint density at radius 2 is 2.26 bits per heavy atom. The van der Waals surface area contributed by atoms with Gasteiger partial charge < -0.3 is 4.74 Å². The number of hydrogen-bond acceptors (Lipinski definition) is 3. The van der Waals surface area contributed by atoms with Crippen LogP contribution in [0.5, 0.6) is 0 Å². The van der Waals surface area contributed by atoms with Crippen molar-refractivity contribution in [3.8, 4) is 0 Å². The van der Waals surface area contributed by atoms with Crippen LogP contribution in [0, 0.1) is 6.92 Å². The molecule has 2 rings (SSSR count). The molecular formula is C16H26N2O. The number of rotatable bonds is 7. The summed E-state index contributed by atoms with van der Waals surface area (Å²) in [5, 5.41) is 0. The summed E-state index contributed by atoms with van der Waals surface area (Å²) >= 11 is 0. The Balaban J connectivity index is 1.75. The van der Waals surface area contributed by atoms with Crippen LogP contribution in [0.1, 0.15) is 43.2 Å². The van der Waals surface area contributed by atoms with Crippen LogP contribution < -0.4 is 11.3 Å². The van der Waals surface area contributed by atoms with Crippen molar-refractivity contribution in [3.63, 3.8) is 0 Å². The lowest BCUT2D eigenvalue weighted by Crippen LogP contribution is -2.37. The fourth-order valence-corrected chi connectivity index (χ4v) is 2.81. The van der Waals surface area contributed by atoms with Crippen molar-refractivity contribution < 1.29 is 4.74 Å². The summed E-state index contributed by atoms with van der Waals surface area (Å²) in [5.74, 6) is 5.68. The van der Waals surface area contributed by atoms with Gasteiger partial charge in [0.05, 0.1) is 6.10 Å². The Kier molecular flexibility index (Phi) is 5.83. The topological polar surface area (TPSA) is 47.3 Å². The molecular weight excluding hydrogens is 236 g/mol. The van der Waals surface area contributed by atoms with E-state index in [0.29, 0.717) is 12.1 Å². The Hall–Kier alpha value is -0.900. The van der Waals surface area contributed by atoms with E-state index in [1.807, 2.05) is 0 Å². The van der Waals surface area contributed by atoms with Crippen molar-refractivity contribution in [2.24, 2.45) is 5.84 Å². The second-order valence-electron chi connectivity index (χ2n) is 5.56. The molecule has 0 amide bonds. The van der Waals surface area contributed by atoms with Crippen LogP contribution in [-0.2, 0) is 11.2 Å². The number of ether oxygens (including phenoxy) is 1.